The van der Waals surface area contributed by atoms with E-state index >= 15 is 0 Å². The summed E-state index contributed by atoms with van der Waals surface area (Å²) in [6, 6.07) is 6.45. The Bertz CT molecular complexity index is 547. The van der Waals surface area contributed by atoms with E-state index in [1.54, 1.807) is 0 Å². The highest BCUT2D eigenvalue weighted by Crippen LogP contribution is 2.14. The third-order valence-electron chi connectivity index (χ3n) is 2.76. The van der Waals surface area contributed by atoms with E-state index in [4.69, 9.17) is 10.3 Å². The lowest BCUT2D eigenvalue weighted by Crippen LogP contribution is -2.34. The maximum absolute atomic E-state index is 5.94. The molecule has 0 saturated carbocycles. The summed E-state index contributed by atoms with van der Waals surface area (Å²) in [5.41, 5.74) is 9.32. The molecular weight excluding hydrogens is 238 g/mol. The number of nitrogens with two attached hydrogens (primary N) is 1. The quantitative estimate of drug-likeness (QED) is 0.916. The molecule has 0 atom stereocenters. The lowest BCUT2D eigenvalue weighted by Gasteiger charge is -2.14. The van der Waals surface area contributed by atoms with Gasteiger partial charge in [-0.3, -0.25) is 0 Å². The van der Waals surface area contributed by atoms with Crippen LogP contribution < -0.4 is 5.73 Å². The molecule has 0 radical (unpaired) electrons. The van der Waals surface area contributed by atoms with Crippen LogP contribution in [-0.2, 0) is 12.8 Å². The Labute approximate surface area is 114 Å². The molecule has 1 heterocycles. The van der Waals surface area contributed by atoms with Crippen LogP contribution in [0.4, 0.5) is 0 Å². The summed E-state index contributed by atoms with van der Waals surface area (Å²) in [5, 5.41) is 4.01. The van der Waals surface area contributed by atoms with Gasteiger partial charge in [0.2, 0.25) is 5.89 Å². The molecule has 0 aliphatic rings. The van der Waals surface area contributed by atoms with Crippen molar-refractivity contribution in [3.8, 4) is 0 Å². The number of aryl methyl sites for hydroxylation is 2. The SMILES string of the molecule is Cc1cc(C)cc(Cc2noc(CC(C)(C)N)n2)c1. The summed E-state index contributed by atoms with van der Waals surface area (Å²) >= 11 is 0. The second kappa shape index (κ2) is 5.13. The highest BCUT2D eigenvalue weighted by atomic mass is 16.5. The first kappa shape index (κ1) is 13.7. The zero-order valence-corrected chi connectivity index (χ0v) is 12.0. The minimum Gasteiger partial charge on any atom is -0.339 e. The van der Waals surface area contributed by atoms with Crippen LogP contribution in [0.5, 0.6) is 0 Å². The Kier molecular flexibility index (Phi) is 3.71. The zero-order chi connectivity index (χ0) is 14.0. The molecule has 2 rings (SSSR count). The summed E-state index contributed by atoms with van der Waals surface area (Å²) in [5.74, 6) is 1.32. The smallest absolute Gasteiger partial charge is 0.228 e. The van der Waals surface area contributed by atoms with E-state index in [-0.39, 0.29) is 5.54 Å². The number of rotatable bonds is 4. The lowest BCUT2D eigenvalue weighted by atomic mass is 10.0. The van der Waals surface area contributed by atoms with Gasteiger partial charge in [-0.15, -0.1) is 0 Å². The Balaban J connectivity index is 2.11. The van der Waals surface area contributed by atoms with E-state index in [9.17, 15) is 0 Å². The van der Waals surface area contributed by atoms with Crippen molar-refractivity contribution in [3.05, 3.63) is 46.6 Å². The molecular formula is C15H21N3O. The Hall–Kier alpha value is -1.68. The van der Waals surface area contributed by atoms with Gasteiger partial charge in [-0.2, -0.15) is 4.98 Å². The van der Waals surface area contributed by atoms with Crippen LogP contribution in [0, 0.1) is 13.8 Å². The van der Waals surface area contributed by atoms with Gasteiger partial charge >= 0.3 is 0 Å². The average Bonchev–Trinajstić information content (AvgIpc) is 2.60. The highest BCUT2D eigenvalue weighted by molar-refractivity contribution is 5.30. The van der Waals surface area contributed by atoms with Crippen LogP contribution in [-0.4, -0.2) is 15.7 Å². The van der Waals surface area contributed by atoms with Gasteiger partial charge in [-0.25, -0.2) is 0 Å². The van der Waals surface area contributed by atoms with Crippen molar-refractivity contribution < 1.29 is 4.52 Å². The molecule has 102 valence electrons. The van der Waals surface area contributed by atoms with Crippen LogP contribution in [0.25, 0.3) is 0 Å². The largest absolute Gasteiger partial charge is 0.339 e. The van der Waals surface area contributed by atoms with Crippen molar-refractivity contribution in [1.29, 1.82) is 0 Å². The van der Waals surface area contributed by atoms with Gasteiger partial charge in [0.05, 0.1) is 0 Å². The number of nitrogens with zero attached hydrogens (tertiary/aromatic N) is 2. The number of aromatic nitrogens is 2. The van der Waals surface area contributed by atoms with Crippen LogP contribution >= 0.6 is 0 Å². The van der Waals surface area contributed by atoms with E-state index in [0.717, 1.165) is 0 Å². The molecule has 2 N–H and O–H groups in total. The van der Waals surface area contributed by atoms with Crippen LogP contribution in [0.15, 0.2) is 22.7 Å². The van der Waals surface area contributed by atoms with E-state index < -0.39 is 0 Å². The van der Waals surface area contributed by atoms with E-state index in [2.05, 4.69) is 42.2 Å². The number of benzene rings is 1. The minimum atomic E-state index is -0.330. The monoisotopic (exact) mass is 259 g/mol. The maximum atomic E-state index is 5.94. The first-order chi connectivity index (χ1) is 8.82. The fourth-order valence-corrected chi connectivity index (χ4v) is 2.18. The Morgan fingerprint density at radius 2 is 1.79 bits per heavy atom. The summed E-state index contributed by atoms with van der Waals surface area (Å²) in [6.07, 6.45) is 1.28. The van der Waals surface area contributed by atoms with Crippen molar-refractivity contribution in [2.45, 2.75) is 46.1 Å². The van der Waals surface area contributed by atoms with Crippen molar-refractivity contribution >= 4 is 0 Å². The molecule has 0 spiro atoms. The molecule has 1 aromatic carbocycles. The molecule has 1 aromatic heterocycles. The molecule has 0 bridgehead atoms. The standard InChI is InChI=1S/C15H21N3O/c1-10-5-11(2)7-12(6-10)8-13-17-14(19-18-13)9-15(3,4)16/h5-7H,8-9,16H2,1-4H3. The molecule has 0 saturated heterocycles. The summed E-state index contributed by atoms with van der Waals surface area (Å²) in [6.45, 7) is 8.08. The molecule has 0 aliphatic carbocycles. The first-order valence-electron chi connectivity index (χ1n) is 6.49. The fourth-order valence-electron chi connectivity index (χ4n) is 2.18. The van der Waals surface area contributed by atoms with Gasteiger partial charge < -0.3 is 10.3 Å². The summed E-state index contributed by atoms with van der Waals surface area (Å²) in [4.78, 5) is 4.39. The minimum absolute atomic E-state index is 0.330. The summed E-state index contributed by atoms with van der Waals surface area (Å²) < 4.78 is 5.23. The van der Waals surface area contributed by atoms with Gasteiger partial charge in [0.15, 0.2) is 5.82 Å². The van der Waals surface area contributed by atoms with Crippen LogP contribution in [0.1, 0.15) is 42.3 Å². The van der Waals surface area contributed by atoms with Gasteiger partial charge in [0.25, 0.3) is 0 Å². The molecule has 4 nitrogen and oxygen atoms in total. The second-order valence-corrected chi connectivity index (χ2v) is 5.94. The molecule has 0 amide bonds. The Morgan fingerprint density at radius 3 is 2.37 bits per heavy atom. The molecule has 0 aliphatic heterocycles. The molecule has 0 unspecified atom stereocenters. The van der Waals surface area contributed by atoms with Gasteiger partial charge in [-0.1, -0.05) is 34.5 Å². The van der Waals surface area contributed by atoms with E-state index in [0.29, 0.717) is 24.6 Å². The molecule has 19 heavy (non-hydrogen) atoms. The Morgan fingerprint density at radius 1 is 1.16 bits per heavy atom. The molecule has 2 aromatic rings. The van der Waals surface area contributed by atoms with E-state index in [1.165, 1.54) is 16.7 Å². The van der Waals surface area contributed by atoms with Crippen molar-refractivity contribution in [1.82, 2.24) is 10.1 Å². The third-order valence-corrected chi connectivity index (χ3v) is 2.76. The second-order valence-electron chi connectivity index (χ2n) is 5.94. The predicted molar refractivity (Wildman–Crippen MR) is 75.0 cm³/mol. The zero-order valence-electron chi connectivity index (χ0n) is 12.0. The fraction of sp³-hybridized carbons (Fsp3) is 0.467. The highest BCUT2D eigenvalue weighted by Gasteiger charge is 2.17. The first-order valence-corrected chi connectivity index (χ1v) is 6.49. The van der Waals surface area contributed by atoms with Gasteiger partial charge in [-0.05, 0) is 33.3 Å². The molecule has 4 heteroatoms. The van der Waals surface area contributed by atoms with Crippen molar-refractivity contribution in [3.63, 3.8) is 0 Å². The van der Waals surface area contributed by atoms with E-state index in [1.807, 2.05) is 13.8 Å². The van der Waals surface area contributed by atoms with Crippen molar-refractivity contribution in [2.75, 3.05) is 0 Å². The molecule has 0 fully saturated rings. The maximum Gasteiger partial charge on any atom is 0.228 e. The van der Waals surface area contributed by atoms with Crippen LogP contribution in [0.2, 0.25) is 0 Å². The predicted octanol–water partition coefficient (Wildman–Crippen LogP) is 2.56. The topological polar surface area (TPSA) is 64.9 Å². The third kappa shape index (κ3) is 4.17. The lowest BCUT2D eigenvalue weighted by molar-refractivity contribution is 0.345. The average molecular weight is 259 g/mol. The normalized spacial score (nSPS) is 11.8. The number of hydrogen-bond acceptors (Lipinski definition) is 4. The number of hydrogen-bond donors (Lipinski definition) is 1. The van der Waals surface area contributed by atoms with Crippen molar-refractivity contribution in [2.24, 2.45) is 5.73 Å². The van der Waals surface area contributed by atoms with Gasteiger partial charge in [0, 0.05) is 18.4 Å². The summed E-state index contributed by atoms with van der Waals surface area (Å²) in [7, 11) is 0. The van der Waals surface area contributed by atoms with Crippen LogP contribution in [0.3, 0.4) is 0 Å². The van der Waals surface area contributed by atoms with Gasteiger partial charge in [0.1, 0.15) is 0 Å².